The number of thiazole rings is 1. The molecule has 0 fully saturated rings. The first-order valence-electron chi connectivity index (χ1n) is 7.54. The molecule has 0 spiro atoms. The van der Waals surface area contributed by atoms with Crippen LogP contribution in [0.25, 0.3) is 0 Å². The molecule has 0 aliphatic heterocycles. The Balaban J connectivity index is 1.78. The summed E-state index contributed by atoms with van der Waals surface area (Å²) in [7, 11) is 0. The van der Waals surface area contributed by atoms with Crippen LogP contribution in [0.2, 0.25) is 0 Å². The van der Waals surface area contributed by atoms with Crippen LogP contribution in [0.1, 0.15) is 32.2 Å². The molecule has 0 unspecified atom stereocenters. The largest absolute Gasteiger partial charge is 0.543 e. The van der Waals surface area contributed by atoms with Gasteiger partial charge < -0.3 is 14.6 Å². The monoisotopic (exact) mass is 338 g/mol. The second kappa shape index (κ2) is 7.27. The molecule has 0 bridgehead atoms. The van der Waals surface area contributed by atoms with Crippen molar-refractivity contribution in [2.45, 2.75) is 20.0 Å². The number of aromatic carboxylic acids is 1. The summed E-state index contributed by atoms with van der Waals surface area (Å²) in [6.07, 6.45) is 0.531. The molecule has 0 saturated heterocycles. The number of carboxylic acid groups (broad SMARTS) is 1. The molecule has 0 atom stereocenters. The highest BCUT2D eigenvalue weighted by molar-refractivity contribution is 7.09. The van der Waals surface area contributed by atoms with Crippen molar-refractivity contribution < 1.29 is 14.6 Å². The second-order valence-electron chi connectivity index (χ2n) is 5.48. The van der Waals surface area contributed by atoms with Gasteiger partial charge in [0.2, 0.25) is 0 Å². The van der Waals surface area contributed by atoms with Gasteiger partial charge in [-0.15, -0.1) is 11.3 Å². The number of carbonyl (C=O) groups is 1. The van der Waals surface area contributed by atoms with E-state index in [1.165, 1.54) is 16.7 Å². The molecule has 3 aromatic rings. The normalized spacial score (nSPS) is 10.5. The van der Waals surface area contributed by atoms with Gasteiger partial charge in [-0.2, -0.15) is 0 Å². The molecular formula is C19H16NO3S-. The Morgan fingerprint density at radius 1 is 1.21 bits per heavy atom. The predicted octanol–water partition coefficient (Wildman–Crippen LogP) is 2.98. The van der Waals surface area contributed by atoms with Gasteiger partial charge in [-0.1, -0.05) is 48.0 Å². The van der Waals surface area contributed by atoms with E-state index in [0.29, 0.717) is 13.0 Å². The van der Waals surface area contributed by atoms with Crippen LogP contribution < -0.4 is 9.84 Å². The van der Waals surface area contributed by atoms with Crippen molar-refractivity contribution in [1.82, 2.24) is 4.98 Å². The standard InChI is InChI=1S/C19H17NO3S/c1-13-7-8-17(23-11-14-5-3-2-4-6-14)15(9-13)10-18-20-16(12-24-18)19(21)22/h2-9,12H,10-11H2,1H3,(H,21,22)/p-1. The molecule has 2 aromatic carbocycles. The van der Waals surface area contributed by atoms with E-state index in [4.69, 9.17) is 4.74 Å². The quantitative estimate of drug-likeness (QED) is 0.693. The Morgan fingerprint density at radius 2 is 2.00 bits per heavy atom. The van der Waals surface area contributed by atoms with E-state index in [0.717, 1.165) is 27.4 Å². The predicted molar refractivity (Wildman–Crippen MR) is 91.2 cm³/mol. The fraction of sp³-hybridized carbons (Fsp3) is 0.158. The van der Waals surface area contributed by atoms with Gasteiger partial charge in [-0.05, 0) is 18.6 Å². The SMILES string of the molecule is Cc1ccc(OCc2ccccc2)c(Cc2nc(C(=O)[O-])cs2)c1. The first-order valence-corrected chi connectivity index (χ1v) is 8.42. The molecule has 5 heteroatoms. The minimum absolute atomic E-state index is 0.0191. The lowest BCUT2D eigenvalue weighted by atomic mass is 10.1. The zero-order valence-corrected chi connectivity index (χ0v) is 14.0. The van der Waals surface area contributed by atoms with Crippen molar-refractivity contribution in [3.8, 4) is 5.75 Å². The molecular weight excluding hydrogens is 322 g/mol. The third-order valence-corrected chi connectivity index (χ3v) is 4.40. The zero-order chi connectivity index (χ0) is 16.9. The number of aryl methyl sites for hydroxylation is 1. The summed E-state index contributed by atoms with van der Waals surface area (Å²) in [6, 6.07) is 15.9. The third kappa shape index (κ3) is 4.00. The Labute approximate surface area is 144 Å². The fourth-order valence-corrected chi connectivity index (χ4v) is 3.16. The molecule has 122 valence electrons. The molecule has 0 N–H and O–H groups in total. The van der Waals surface area contributed by atoms with Gasteiger partial charge in [-0.25, -0.2) is 4.98 Å². The summed E-state index contributed by atoms with van der Waals surface area (Å²) in [6.45, 7) is 2.50. The Hall–Kier alpha value is -2.66. The van der Waals surface area contributed by atoms with Gasteiger partial charge in [0.25, 0.3) is 0 Å². The number of ether oxygens (including phenoxy) is 1. The average molecular weight is 338 g/mol. The number of aromatic nitrogens is 1. The van der Waals surface area contributed by atoms with Crippen LogP contribution in [0.3, 0.4) is 0 Å². The van der Waals surface area contributed by atoms with Gasteiger partial charge in [0.1, 0.15) is 12.4 Å². The molecule has 0 amide bonds. The van der Waals surface area contributed by atoms with E-state index in [2.05, 4.69) is 4.98 Å². The first kappa shape index (κ1) is 16.2. The van der Waals surface area contributed by atoms with Gasteiger partial charge >= 0.3 is 0 Å². The molecule has 0 saturated carbocycles. The topological polar surface area (TPSA) is 62.2 Å². The van der Waals surface area contributed by atoms with Crippen molar-refractivity contribution in [2.75, 3.05) is 0 Å². The number of carbonyl (C=O) groups excluding carboxylic acids is 1. The van der Waals surface area contributed by atoms with Crippen molar-refractivity contribution in [3.63, 3.8) is 0 Å². The highest BCUT2D eigenvalue weighted by Gasteiger charge is 2.09. The number of rotatable bonds is 6. The summed E-state index contributed by atoms with van der Waals surface area (Å²) in [5.74, 6) is -0.461. The van der Waals surface area contributed by atoms with E-state index >= 15 is 0 Å². The van der Waals surface area contributed by atoms with E-state index in [-0.39, 0.29) is 5.69 Å². The number of hydrogen-bond acceptors (Lipinski definition) is 5. The molecule has 0 radical (unpaired) electrons. The first-order chi connectivity index (χ1) is 11.6. The maximum atomic E-state index is 10.9. The summed E-state index contributed by atoms with van der Waals surface area (Å²) in [5.41, 5.74) is 3.19. The Morgan fingerprint density at radius 3 is 2.71 bits per heavy atom. The summed E-state index contributed by atoms with van der Waals surface area (Å²) in [4.78, 5) is 15.0. The van der Waals surface area contributed by atoms with Crippen LogP contribution in [0.4, 0.5) is 0 Å². The zero-order valence-electron chi connectivity index (χ0n) is 13.2. The molecule has 24 heavy (non-hydrogen) atoms. The lowest BCUT2D eigenvalue weighted by Crippen LogP contribution is -2.22. The fourth-order valence-electron chi connectivity index (χ4n) is 2.37. The van der Waals surface area contributed by atoms with Crippen LogP contribution in [0.5, 0.6) is 5.75 Å². The van der Waals surface area contributed by atoms with Crippen LogP contribution in [0.15, 0.2) is 53.9 Å². The molecule has 3 rings (SSSR count). The minimum atomic E-state index is -1.25. The number of hydrogen-bond donors (Lipinski definition) is 0. The van der Waals surface area contributed by atoms with E-state index in [1.54, 1.807) is 0 Å². The molecule has 1 aromatic heterocycles. The van der Waals surface area contributed by atoms with Gasteiger partial charge in [0, 0.05) is 17.4 Å². The molecule has 1 heterocycles. The lowest BCUT2D eigenvalue weighted by Gasteiger charge is -2.12. The number of nitrogens with zero attached hydrogens (tertiary/aromatic N) is 1. The van der Waals surface area contributed by atoms with E-state index in [9.17, 15) is 9.90 Å². The minimum Gasteiger partial charge on any atom is -0.543 e. The summed E-state index contributed by atoms with van der Waals surface area (Å²) < 4.78 is 5.95. The maximum absolute atomic E-state index is 10.9. The maximum Gasteiger partial charge on any atom is 0.123 e. The Bertz CT molecular complexity index is 843. The third-order valence-electron chi connectivity index (χ3n) is 3.56. The van der Waals surface area contributed by atoms with Gasteiger partial charge in [-0.3, -0.25) is 0 Å². The lowest BCUT2D eigenvalue weighted by molar-refractivity contribution is -0.255. The van der Waals surface area contributed by atoms with Crippen LogP contribution in [-0.2, 0) is 13.0 Å². The average Bonchev–Trinajstić information content (AvgIpc) is 3.04. The number of benzene rings is 2. The highest BCUT2D eigenvalue weighted by atomic mass is 32.1. The van der Waals surface area contributed by atoms with Crippen molar-refractivity contribution >= 4 is 17.3 Å². The van der Waals surface area contributed by atoms with Crippen LogP contribution in [0, 0.1) is 6.92 Å². The smallest absolute Gasteiger partial charge is 0.123 e. The molecule has 4 nitrogen and oxygen atoms in total. The van der Waals surface area contributed by atoms with Crippen molar-refractivity contribution in [2.24, 2.45) is 0 Å². The van der Waals surface area contributed by atoms with E-state index < -0.39 is 5.97 Å². The Kier molecular flexibility index (Phi) is 4.91. The van der Waals surface area contributed by atoms with Crippen LogP contribution in [-0.4, -0.2) is 11.0 Å². The highest BCUT2D eigenvalue weighted by Crippen LogP contribution is 2.25. The van der Waals surface area contributed by atoms with Crippen LogP contribution >= 0.6 is 11.3 Å². The van der Waals surface area contributed by atoms with Crippen molar-refractivity contribution in [1.29, 1.82) is 0 Å². The van der Waals surface area contributed by atoms with E-state index in [1.807, 2.05) is 55.5 Å². The molecule has 0 aliphatic carbocycles. The number of carboxylic acids is 1. The summed E-state index contributed by atoms with van der Waals surface area (Å²) >= 11 is 1.31. The van der Waals surface area contributed by atoms with Crippen molar-refractivity contribution in [3.05, 3.63) is 81.3 Å². The van der Waals surface area contributed by atoms with Gasteiger partial charge in [0.15, 0.2) is 0 Å². The summed E-state index contributed by atoms with van der Waals surface area (Å²) in [5, 5.41) is 13.1. The second-order valence-corrected chi connectivity index (χ2v) is 6.42. The van der Waals surface area contributed by atoms with Gasteiger partial charge in [0.05, 0.1) is 16.7 Å². The molecule has 0 aliphatic rings.